The molecule has 1 aromatic heterocycles. The molecule has 0 spiro atoms. The number of primary amides is 1. The maximum Gasteiger partial charge on any atom is 0.326 e. The van der Waals surface area contributed by atoms with Crippen LogP contribution in [0.1, 0.15) is 32.8 Å². The van der Waals surface area contributed by atoms with Gasteiger partial charge in [-0.05, 0) is 32.4 Å². The number of benzene rings is 1. The third-order valence-corrected chi connectivity index (χ3v) is 4.13. The molecule has 2 atom stereocenters. The van der Waals surface area contributed by atoms with Crippen LogP contribution in [0, 0.1) is 5.92 Å². The monoisotopic (exact) mass is 403 g/mol. The summed E-state index contributed by atoms with van der Waals surface area (Å²) in [6, 6.07) is 6.03. The molecule has 2 rings (SSSR count). The van der Waals surface area contributed by atoms with Crippen molar-refractivity contribution < 1.29 is 29.0 Å². The number of carbonyl (C=O) groups is 4. The molecule has 0 aliphatic rings. The average Bonchev–Trinajstić information content (AvgIpc) is 3.00. The number of amides is 2. The van der Waals surface area contributed by atoms with Crippen molar-refractivity contribution in [2.75, 3.05) is 0 Å². The normalized spacial score (nSPS) is 13.5. The highest BCUT2D eigenvalue weighted by molar-refractivity contribution is 6.02. The van der Waals surface area contributed by atoms with Crippen LogP contribution in [-0.4, -0.2) is 45.5 Å². The van der Waals surface area contributed by atoms with Crippen LogP contribution >= 0.6 is 0 Å². The number of carboxylic acids is 1. The first-order valence-electron chi connectivity index (χ1n) is 9.07. The van der Waals surface area contributed by atoms with Crippen LogP contribution in [0.4, 0.5) is 0 Å². The van der Waals surface area contributed by atoms with Gasteiger partial charge in [0.15, 0.2) is 0 Å². The number of nitrogens with two attached hydrogens (primary N) is 1. The summed E-state index contributed by atoms with van der Waals surface area (Å²) in [6.07, 6.45) is 1.07. The number of esters is 1. The molecule has 29 heavy (non-hydrogen) atoms. The molecule has 0 radical (unpaired) electrons. The topological polar surface area (TPSA) is 152 Å². The fourth-order valence-electron chi connectivity index (χ4n) is 2.85. The van der Waals surface area contributed by atoms with Gasteiger partial charge in [0.2, 0.25) is 11.8 Å². The van der Waals surface area contributed by atoms with E-state index in [1.54, 1.807) is 27.0 Å². The molecular weight excluding hydrogens is 378 g/mol. The lowest BCUT2D eigenvalue weighted by Crippen LogP contribution is -2.48. The highest BCUT2D eigenvalue weighted by Crippen LogP contribution is 2.20. The van der Waals surface area contributed by atoms with Gasteiger partial charge in [-0.3, -0.25) is 14.4 Å². The Morgan fingerprint density at radius 2 is 1.86 bits per heavy atom. The lowest BCUT2D eigenvalue weighted by molar-refractivity contribution is -0.164. The second-order valence-electron chi connectivity index (χ2n) is 7.72. The molecule has 2 amide bonds. The summed E-state index contributed by atoms with van der Waals surface area (Å²) < 4.78 is 5.17. The number of fused-ring (bicyclic) bond motifs is 1. The number of para-hydroxylation sites is 1. The van der Waals surface area contributed by atoms with E-state index in [1.165, 1.54) is 0 Å². The summed E-state index contributed by atoms with van der Waals surface area (Å²) >= 11 is 0. The van der Waals surface area contributed by atoms with E-state index in [2.05, 4.69) is 10.3 Å². The second kappa shape index (κ2) is 8.76. The zero-order valence-electron chi connectivity index (χ0n) is 16.5. The Labute approximate surface area is 167 Å². The van der Waals surface area contributed by atoms with E-state index >= 15 is 0 Å². The number of carboxylic acid groups (broad SMARTS) is 1. The predicted octanol–water partition coefficient (Wildman–Crippen LogP) is 1.11. The number of nitrogens with one attached hydrogen (secondary N) is 2. The van der Waals surface area contributed by atoms with E-state index in [4.69, 9.17) is 10.5 Å². The Morgan fingerprint density at radius 1 is 1.21 bits per heavy atom. The van der Waals surface area contributed by atoms with E-state index in [0.29, 0.717) is 5.56 Å². The van der Waals surface area contributed by atoms with E-state index < -0.39 is 47.7 Å². The van der Waals surface area contributed by atoms with E-state index in [0.717, 1.165) is 10.9 Å². The molecule has 1 aromatic carbocycles. The summed E-state index contributed by atoms with van der Waals surface area (Å²) in [5.41, 5.74) is 5.79. The second-order valence-corrected chi connectivity index (χ2v) is 7.72. The molecule has 0 saturated heterocycles. The Morgan fingerprint density at radius 3 is 2.45 bits per heavy atom. The number of rotatable bonds is 8. The lowest BCUT2D eigenvalue weighted by Gasteiger charge is -2.24. The van der Waals surface area contributed by atoms with Crippen molar-refractivity contribution in [1.29, 1.82) is 0 Å². The quantitative estimate of drug-likeness (QED) is 0.383. The number of hydrogen-bond donors (Lipinski definition) is 4. The minimum atomic E-state index is -1.53. The number of aliphatic carboxylic acids is 1. The van der Waals surface area contributed by atoms with Gasteiger partial charge in [-0.25, -0.2) is 4.79 Å². The summed E-state index contributed by atoms with van der Waals surface area (Å²) in [5.74, 6) is -5.54. The molecule has 2 aromatic rings. The van der Waals surface area contributed by atoms with E-state index in [9.17, 15) is 24.3 Å². The fraction of sp³-hybridized carbons (Fsp3) is 0.400. The molecule has 9 nitrogen and oxygen atoms in total. The lowest BCUT2D eigenvalue weighted by atomic mass is 10.0. The number of aromatic amines is 1. The van der Waals surface area contributed by atoms with Gasteiger partial charge in [0, 0.05) is 29.9 Å². The number of hydrogen-bond acceptors (Lipinski definition) is 5. The third-order valence-electron chi connectivity index (χ3n) is 4.13. The van der Waals surface area contributed by atoms with Crippen LogP contribution in [0.5, 0.6) is 0 Å². The van der Waals surface area contributed by atoms with Crippen molar-refractivity contribution >= 4 is 34.7 Å². The van der Waals surface area contributed by atoms with E-state index in [1.807, 2.05) is 24.3 Å². The van der Waals surface area contributed by atoms with Crippen LogP contribution in [0.25, 0.3) is 10.9 Å². The maximum atomic E-state index is 12.6. The van der Waals surface area contributed by atoms with Gasteiger partial charge in [0.05, 0.1) is 0 Å². The molecule has 5 N–H and O–H groups in total. The van der Waals surface area contributed by atoms with Crippen LogP contribution in [-0.2, 0) is 30.3 Å². The summed E-state index contributed by atoms with van der Waals surface area (Å²) in [7, 11) is 0. The maximum absolute atomic E-state index is 12.6. The van der Waals surface area contributed by atoms with Crippen LogP contribution in [0.3, 0.4) is 0 Å². The SMILES string of the molecule is CC(C)(C)OC(=O)C(CC(N)=O)C(=O)NC(Cc1c[nH]c2ccccc12)C(=O)O. The predicted molar refractivity (Wildman–Crippen MR) is 105 cm³/mol. The number of aromatic nitrogens is 1. The van der Waals surface area contributed by atoms with Crippen molar-refractivity contribution in [2.24, 2.45) is 11.7 Å². The third kappa shape index (κ3) is 6.06. The number of carbonyl (C=O) groups excluding carboxylic acids is 3. The first-order chi connectivity index (χ1) is 13.5. The number of H-pyrrole nitrogens is 1. The van der Waals surface area contributed by atoms with Crippen LogP contribution < -0.4 is 11.1 Å². The first-order valence-corrected chi connectivity index (χ1v) is 9.07. The molecule has 0 fully saturated rings. The Bertz CT molecular complexity index is 928. The van der Waals surface area contributed by atoms with Gasteiger partial charge in [-0.2, -0.15) is 0 Å². The Balaban J connectivity index is 2.20. The Hall–Kier alpha value is -3.36. The van der Waals surface area contributed by atoms with Gasteiger partial charge < -0.3 is 25.9 Å². The molecule has 0 aliphatic carbocycles. The zero-order chi connectivity index (χ0) is 21.8. The van der Waals surface area contributed by atoms with Gasteiger partial charge in [-0.1, -0.05) is 18.2 Å². The highest BCUT2D eigenvalue weighted by Gasteiger charge is 2.35. The largest absolute Gasteiger partial charge is 0.480 e. The minimum absolute atomic E-state index is 0.0112. The highest BCUT2D eigenvalue weighted by atomic mass is 16.6. The summed E-state index contributed by atoms with van der Waals surface area (Å²) in [5, 5.41) is 12.7. The summed E-state index contributed by atoms with van der Waals surface area (Å²) in [4.78, 5) is 51.0. The molecule has 0 bridgehead atoms. The van der Waals surface area contributed by atoms with Gasteiger partial charge >= 0.3 is 11.9 Å². The molecule has 2 unspecified atom stereocenters. The zero-order valence-corrected chi connectivity index (χ0v) is 16.5. The van der Waals surface area contributed by atoms with Gasteiger partial charge in [0.25, 0.3) is 0 Å². The van der Waals surface area contributed by atoms with Crippen LogP contribution in [0.15, 0.2) is 30.5 Å². The molecular formula is C20H25N3O6. The molecule has 156 valence electrons. The van der Waals surface area contributed by atoms with Crippen molar-refractivity contribution in [3.63, 3.8) is 0 Å². The first kappa shape index (κ1) is 21.9. The standard InChI is InChI=1S/C20H25N3O6/c1-20(2,3)29-19(28)13(9-16(21)24)17(25)23-15(18(26)27)8-11-10-22-14-7-5-4-6-12(11)14/h4-7,10,13,15,22H,8-9H2,1-3H3,(H2,21,24)(H,23,25)(H,26,27). The smallest absolute Gasteiger partial charge is 0.326 e. The fourth-order valence-corrected chi connectivity index (χ4v) is 2.85. The van der Waals surface area contributed by atoms with E-state index in [-0.39, 0.29) is 6.42 Å². The molecule has 9 heteroatoms. The molecule has 0 aliphatic heterocycles. The van der Waals surface area contributed by atoms with Gasteiger partial charge in [0.1, 0.15) is 17.6 Å². The summed E-state index contributed by atoms with van der Waals surface area (Å²) in [6.45, 7) is 4.84. The van der Waals surface area contributed by atoms with Crippen molar-refractivity contribution in [2.45, 2.75) is 45.3 Å². The van der Waals surface area contributed by atoms with Gasteiger partial charge in [-0.15, -0.1) is 0 Å². The van der Waals surface area contributed by atoms with Crippen molar-refractivity contribution in [3.8, 4) is 0 Å². The van der Waals surface area contributed by atoms with Crippen molar-refractivity contribution in [1.82, 2.24) is 10.3 Å². The van der Waals surface area contributed by atoms with Crippen LogP contribution in [0.2, 0.25) is 0 Å². The molecule has 0 saturated carbocycles. The Kier molecular flexibility index (Phi) is 6.63. The molecule has 1 heterocycles. The number of ether oxygens (including phenoxy) is 1. The van der Waals surface area contributed by atoms with Crippen molar-refractivity contribution in [3.05, 3.63) is 36.0 Å². The average molecular weight is 403 g/mol. The minimum Gasteiger partial charge on any atom is -0.480 e.